The molecule has 0 radical (unpaired) electrons. The number of hydrogen-bond acceptors (Lipinski definition) is 0. The van der Waals surface area contributed by atoms with Crippen LogP contribution in [0.15, 0.2) is 0 Å². The van der Waals surface area contributed by atoms with Crippen LogP contribution in [0.5, 0.6) is 0 Å². The van der Waals surface area contributed by atoms with Gasteiger partial charge in [-0.2, -0.15) is 0 Å². The summed E-state index contributed by atoms with van der Waals surface area (Å²) in [5.41, 5.74) is 0. The van der Waals surface area contributed by atoms with Gasteiger partial charge in [-0.1, -0.05) is 0 Å². The van der Waals surface area contributed by atoms with Gasteiger partial charge in [0.15, 0.2) is 0 Å². The van der Waals surface area contributed by atoms with Crippen LogP contribution in [0.3, 0.4) is 0 Å². The molecular weight excluding hydrogens is 173 g/mol. The number of hydrogen-bond donors (Lipinski definition) is 0. The quantitative estimate of drug-likeness (QED) is 0.326. The van der Waals surface area contributed by atoms with Gasteiger partial charge in [-0.25, -0.2) is 0 Å². The Morgan fingerprint density at radius 2 is 0.833 bits per heavy atom. The zero-order valence-corrected chi connectivity index (χ0v) is 11.9. The first-order valence-electron chi connectivity index (χ1n) is 0. The van der Waals surface area contributed by atoms with Crippen molar-refractivity contribution in [2.75, 3.05) is 0 Å². The third kappa shape index (κ3) is 24.6. The summed E-state index contributed by atoms with van der Waals surface area (Å²) < 4.78 is 0. The van der Waals surface area contributed by atoms with Gasteiger partial charge in [0.2, 0.25) is 0 Å². The molecule has 6 heteroatoms. The van der Waals surface area contributed by atoms with E-state index in [9.17, 15) is 0 Å². The van der Waals surface area contributed by atoms with E-state index in [-0.39, 0.29) is 134 Å². The summed E-state index contributed by atoms with van der Waals surface area (Å²) in [5.74, 6) is 0. The molecule has 0 saturated carbocycles. The summed E-state index contributed by atoms with van der Waals surface area (Å²) in [6, 6.07) is 0. The van der Waals surface area contributed by atoms with Crippen molar-refractivity contribution in [3.05, 3.63) is 0 Å². The Hall–Kier alpha value is 3.94. The third-order valence-electron chi connectivity index (χ3n) is 0. The first-order chi connectivity index (χ1) is 0. The molecule has 6 heavy (non-hydrogen) atoms. The maximum absolute atomic E-state index is 0. The van der Waals surface area contributed by atoms with E-state index in [1.807, 2.05) is 0 Å². The first-order valence-corrected chi connectivity index (χ1v) is 0. The van der Waals surface area contributed by atoms with Gasteiger partial charge in [-0.15, -0.1) is 0 Å². The summed E-state index contributed by atoms with van der Waals surface area (Å²) in [7, 11) is 0. The van der Waals surface area contributed by atoms with E-state index in [0.717, 1.165) is 0 Å². The summed E-state index contributed by atoms with van der Waals surface area (Å²) >= 11 is 0. The normalized spacial score (nSPS) is 0. The Bertz CT molecular complexity index is 13.5. The van der Waals surface area contributed by atoms with E-state index >= 15 is 0 Å². The molecule has 0 aliphatic heterocycles. The molecule has 0 aromatic rings. The fraction of sp³-hybridized carbons (Fsp3) is 0. The van der Waals surface area contributed by atoms with Gasteiger partial charge in [0.1, 0.15) is 0 Å². The average molecular weight is 173 g/mol. The van der Waals surface area contributed by atoms with Crippen LogP contribution < -0.4 is 106 Å². The van der Waals surface area contributed by atoms with Gasteiger partial charge in [-0.05, 0) is 0 Å². The molecule has 0 heterocycles. The van der Waals surface area contributed by atoms with Crippen LogP contribution in [0.25, 0.3) is 0 Å². The molecule has 0 bridgehead atoms. The minimum Gasteiger partial charge on any atom is -2.00 e. The summed E-state index contributed by atoms with van der Waals surface area (Å²) in [6.45, 7) is 0. The number of rotatable bonds is 0. The fourth-order valence-electron chi connectivity index (χ4n) is 0. The second-order valence-electron chi connectivity index (χ2n) is 0. The Labute approximate surface area is 131 Å². The molecule has 0 N–H and O–H groups in total. The van der Waals surface area contributed by atoms with Crippen LogP contribution in [0.4, 0.5) is 0 Å². The standard InChI is InChI=1S/2ClH.K.Mg.Na.O/h2*1H;;;;/q;;+1;+2;+1;-2/p-2. The molecule has 0 amide bonds. The molecule has 0 aromatic heterocycles. The molecule has 0 fully saturated rings. The van der Waals surface area contributed by atoms with Crippen LogP contribution in [-0.4, -0.2) is 23.1 Å². The van der Waals surface area contributed by atoms with E-state index in [1.165, 1.54) is 0 Å². The Morgan fingerprint density at radius 1 is 0.833 bits per heavy atom. The minimum absolute atomic E-state index is 0. The second-order valence-corrected chi connectivity index (χ2v) is 0. The Balaban J connectivity index is 0. The molecule has 0 aliphatic carbocycles. The predicted octanol–water partition coefficient (Wildman–Crippen LogP) is -12.5. The Kier molecular flexibility index (Phi) is 309. The van der Waals surface area contributed by atoms with Crippen molar-refractivity contribution in [3.63, 3.8) is 0 Å². The molecular formula is Cl2KMgNaO. The smallest absolute Gasteiger partial charge is 2.00 e. The summed E-state index contributed by atoms with van der Waals surface area (Å²) in [5, 5.41) is 0. The zero-order valence-electron chi connectivity index (χ0n) is 3.87. The topological polar surface area (TPSA) is 28.5 Å². The predicted molar refractivity (Wildman–Crippen MR) is 6.44 cm³/mol. The monoisotopic (exact) mass is 172 g/mol. The maximum atomic E-state index is 0. The van der Waals surface area contributed by atoms with E-state index in [4.69, 9.17) is 0 Å². The van der Waals surface area contributed by atoms with Crippen LogP contribution in [0.2, 0.25) is 0 Å². The van der Waals surface area contributed by atoms with Crippen molar-refractivity contribution in [2.24, 2.45) is 0 Å². The van der Waals surface area contributed by atoms with Crippen molar-refractivity contribution >= 4 is 23.1 Å². The molecule has 0 aromatic carbocycles. The molecule has 0 atom stereocenters. The van der Waals surface area contributed by atoms with Gasteiger partial charge in [0, 0.05) is 0 Å². The fourth-order valence-corrected chi connectivity index (χ4v) is 0. The third-order valence-corrected chi connectivity index (χ3v) is 0. The van der Waals surface area contributed by atoms with Crippen molar-refractivity contribution in [3.8, 4) is 0 Å². The number of halogens is 2. The Morgan fingerprint density at radius 3 is 0.833 bits per heavy atom. The molecule has 0 spiro atoms. The van der Waals surface area contributed by atoms with E-state index < -0.39 is 0 Å². The van der Waals surface area contributed by atoms with Crippen molar-refractivity contribution in [2.45, 2.75) is 0 Å². The van der Waals surface area contributed by atoms with Crippen molar-refractivity contribution in [1.29, 1.82) is 0 Å². The molecule has 0 aliphatic rings. The van der Waals surface area contributed by atoms with E-state index in [2.05, 4.69) is 0 Å². The molecule has 0 rings (SSSR count). The zero-order chi connectivity index (χ0) is 0. The largest absolute Gasteiger partial charge is 2.00 e. The summed E-state index contributed by atoms with van der Waals surface area (Å²) in [4.78, 5) is 0. The van der Waals surface area contributed by atoms with E-state index in [0.29, 0.717) is 0 Å². The van der Waals surface area contributed by atoms with Crippen LogP contribution >= 0.6 is 0 Å². The molecule has 1 nitrogen and oxygen atoms in total. The van der Waals surface area contributed by atoms with Gasteiger partial charge in [0.25, 0.3) is 0 Å². The average Bonchev–Trinajstić information content (AvgIpc) is 0. The minimum atomic E-state index is 0. The second kappa shape index (κ2) is 36.3. The van der Waals surface area contributed by atoms with Gasteiger partial charge < -0.3 is 30.3 Å². The van der Waals surface area contributed by atoms with Crippen LogP contribution in [0.1, 0.15) is 0 Å². The van der Waals surface area contributed by atoms with Crippen molar-refractivity contribution < 1.29 is 111 Å². The molecule has 24 valence electrons. The van der Waals surface area contributed by atoms with E-state index in [1.54, 1.807) is 0 Å². The van der Waals surface area contributed by atoms with Crippen LogP contribution in [-0.2, 0) is 5.48 Å². The van der Waals surface area contributed by atoms with Gasteiger partial charge in [-0.3, -0.25) is 0 Å². The molecule has 0 unspecified atom stereocenters. The first kappa shape index (κ1) is 51.2. The van der Waals surface area contributed by atoms with Crippen molar-refractivity contribution in [1.82, 2.24) is 0 Å². The maximum Gasteiger partial charge on any atom is 2.00 e. The summed E-state index contributed by atoms with van der Waals surface area (Å²) in [6.07, 6.45) is 0. The molecule has 0 saturated heterocycles. The van der Waals surface area contributed by atoms with Crippen LogP contribution in [0, 0.1) is 0 Å². The SMILES string of the molecule is [Cl-].[Cl-].[K+].[Mg+2].[Na+].[O-2]. The van der Waals surface area contributed by atoms with Gasteiger partial charge >= 0.3 is 104 Å². The van der Waals surface area contributed by atoms with Gasteiger partial charge in [0.05, 0.1) is 0 Å².